The predicted molar refractivity (Wildman–Crippen MR) is 206 cm³/mol. The second-order valence-corrected chi connectivity index (χ2v) is 12.9. The van der Waals surface area contributed by atoms with Gasteiger partial charge in [-0.25, -0.2) is 15.0 Å². The Hall–Kier alpha value is -6.85. The van der Waals surface area contributed by atoms with Gasteiger partial charge in [0.25, 0.3) is 0 Å². The predicted octanol–water partition coefficient (Wildman–Crippen LogP) is 11.2. The average molecular weight is 638 g/mol. The first-order valence-electron chi connectivity index (χ1n) is 16.9. The molecule has 11 aromatic rings. The first-order chi connectivity index (χ1) is 24.8. The fraction of sp³-hybridized carbons (Fsp3) is 0. The van der Waals surface area contributed by atoms with E-state index < -0.39 is 0 Å². The van der Waals surface area contributed by atoms with Gasteiger partial charge in [0.15, 0.2) is 0 Å². The largest absolute Gasteiger partial charge is 0.299 e. The standard InChI is InChI=1S/C45H27N5/c1-3-13-28(14-4-1)43-34-20-9-11-21-38(34)47-45(48-43)50-39-22-12-10-18-31(39)37-25-35-33-23-24-40-44(46-27-49(40)29-15-5-2-6-16-29)42(33)32-19-8-7-17-30(32)36(35)26-41(37)50/h1-27H. The molecular weight excluding hydrogens is 611 g/mol. The van der Waals surface area contributed by atoms with Crippen molar-refractivity contribution < 1.29 is 0 Å². The molecule has 0 saturated carbocycles. The van der Waals surface area contributed by atoms with Crippen molar-refractivity contribution in [2.24, 2.45) is 0 Å². The van der Waals surface area contributed by atoms with Crippen LogP contribution >= 0.6 is 0 Å². The summed E-state index contributed by atoms with van der Waals surface area (Å²) in [4.78, 5) is 15.5. The van der Waals surface area contributed by atoms with Crippen LogP contribution in [0.1, 0.15) is 0 Å². The minimum absolute atomic E-state index is 0.659. The van der Waals surface area contributed by atoms with Gasteiger partial charge in [0.2, 0.25) is 5.95 Å². The molecule has 0 aliphatic carbocycles. The van der Waals surface area contributed by atoms with Crippen LogP contribution in [-0.2, 0) is 0 Å². The Balaban J connectivity index is 1.26. The van der Waals surface area contributed by atoms with Crippen molar-refractivity contribution in [1.29, 1.82) is 0 Å². The summed E-state index contributed by atoms with van der Waals surface area (Å²) in [5, 5.41) is 10.5. The molecule has 0 radical (unpaired) electrons. The van der Waals surface area contributed by atoms with Crippen molar-refractivity contribution in [3.8, 4) is 22.9 Å². The highest BCUT2D eigenvalue weighted by Gasteiger charge is 2.20. The van der Waals surface area contributed by atoms with Crippen LogP contribution in [0.15, 0.2) is 164 Å². The number of benzene rings is 8. The van der Waals surface area contributed by atoms with Crippen molar-refractivity contribution in [1.82, 2.24) is 24.1 Å². The summed E-state index contributed by atoms with van der Waals surface area (Å²) in [6, 6.07) is 55.7. The molecule has 0 amide bonds. The Kier molecular flexibility index (Phi) is 5.60. The van der Waals surface area contributed by atoms with Gasteiger partial charge in [-0.2, -0.15) is 0 Å². The zero-order chi connectivity index (χ0) is 32.8. The molecule has 0 aliphatic rings. The molecule has 0 unspecified atom stereocenters. The van der Waals surface area contributed by atoms with Crippen LogP contribution in [-0.4, -0.2) is 24.1 Å². The van der Waals surface area contributed by atoms with Gasteiger partial charge in [-0.1, -0.05) is 115 Å². The van der Waals surface area contributed by atoms with Gasteiger partial charge in [0, 0.05) is 32.8 Å². The van der Waals surface area contributed by atoms with Crippen molar-refractivity contribution >= 4 is 76.1 Å². The van der Waals surface area contributed by atoms with Crippen LogP contribution < -0.4 is 0 Å². The zero-order valence-corrected chi connectivity index (χ0v) is 26.8. The maximum atomic E-state index is 5.31. The molecule has 0 fully saturated rings. The smallest absolute Gasteiger partial charge is 0.235 e. The highest BCUT2D eigenvalue weighted by Crippen LogP contribution is 2.43. The third-order valence-corrected chi connectivity index (χ3v) is 10.2. The quantitative estimate of drug-likeness (QED) is 0.181. The third-order valence-electron chi connectivity index (χ3n) is 10.2. The van der Waals surface area contributed by atoms with E-state index in [1.165, 1.54) is 32.3 Å². The van der Waals surface area contributed by atoms with E-state index in [0.717, 1.165) is 60.7 Å². The molecule has 5 heteroatoms. The lowest BCUT2D eigenvalue weighted by atomic mass is 9.92. The van der Waals surface area contributed by atoms with Crippen molar-refractivity contribution in [2.75, 3.05) is 0 Å². The van der Waals surface area contributed by atoms with Crippen LogP contribution in [0.5, 0.6) is 0 Å². The van der Waals surface area contributed by atoms with E-state index in [-0.39, 0.29) is 0 Å². The zero-order valence-electron chi connectivity index (χ0n) is 26.8. The monoisotopic (exact) mass is 637 g/mol. The third kappa shape index (κ3) is 3.80. The first kappa shape index (κ1) is 27.1. The molecule has 0 atom stereocenters. The lowest BCUT2D eigenvalue weighted by Gasteiger charge is -2.14. The normalized spacial score (nSPS) is 12.0. The van der Waals surface area contributed by atoms with Crippen LogP contribution in [0, 0.1) is 0 Å². The van der Waals surface area contributed by atoms with Gasteiger partial charge in [-0.3, -0.25) is 9.13 Å². The van der Waals surface area contributed by atoms with Crippen LogP contribution in [0.25, 0.3) is 99.0 Å². The number of hydrogen-bond acceptors (Lipinski definition) is 3. The summed E-state index contributed by atoms with van der Waals surface area (Å²) in [7, 11) is 0. The first-order valence-corrected chi connectivity index (χ1v) is 16.9. The molecule has 3 heterocycles. The van der Waals surface area contributed by atoms with Gasteiger partial charge in [0.05, 0.1) is 33.3 Å². The molecule has 0 saturated heterocycles. The molecule has 0 N–H and O–H groups in total. The molecule has 3 aromatic heterocycles. The minimum atomic E-state index is 0.659. The highest BCUT2D eigenvalue weighted by molar-refractivity contribution is 6.32. The maximum absolute atomic E-state index is 5.31. The summed E-state index contributed by atoms with van der Waals surface area (Å²) in [6.45, 7) is 0. The van der Waals surface area contributed by atoms with E-state index in [9.17, 15) is 0 Å². The second-order valence-electron chi connectivity index (χ2n) is 12.9. The van der Waals surface area contributed by atoms with E-state index in [1.54, 1.807) is 0 Å². The van der Waals surface area contributed by atoms with Crippen molar-refractivity contribution in [3.63, 3.8) is 0 Å². The summed E-state index contributed by atoms with van der Waals surface area (Å²) < 4.78 is 4.42. The van der Waals surface area contributed by atoms with Gasteiger partial charge < -0.3 is 0 Å². The van der Waals surface area contributed by atoms with E-state index >= 15 is 0 Å². The molecule has 0 aliphatic heterocycles. The number of imidazole rings is 1. The van der Waals surface area contributed by atoms with E-state index in [1.807, 2.05) is 24.5 Å². The summed E-state index contributed by atoms with van der Waals surface area (Å²) in [5.74, 6) is 0.659. The number of fused-ring (bicyclic) bond motifs is 12. The van der Waals surface area contributed by atoms with Gasteiger partial charge in [-0.15, -0.1) is 0 Å². The lowest BCUT2D eigenvalue weighted by molar-refractivity contribution is 1.01. The fourth-order valence-corrected chi connectivity index (χ4v) is 7.97. The summed E-state index contributed by atoms with van der Waals surface area (Å²) in [5.41, 5.74) is 8.25. The molecule has 232 valence electrons. The minimum Gasteiger partial charge on any atom is -0.299 e. The van der Waals surface area contributed by atoms with E-state index in [4.69, 9.17) is 15.0 Å². The number of rotatable bonds is 3. The fourth-order valence-electron chi connectivity index (χ4n) is 7.97. The lowest BCUT2D eigenvalue weighted by Crippen LogP contribution is -2.03. The molecule has 0 bridgehead atoms. The Morgan fingerprint density at radius 2 is 1.08 bits per heavy atom. The molecule has 5 nitrogen and oxygen atoms in total. The van der Waals surface area contributed by atoms with Gasteiger partial charge in [-0.05, 0) is 69.4 Å². The van der Waals surface area contributed by atoms with Crippen molar-refractivity contribution in [3.05, 3.63) is 164 Å². The van der Waals surface area contributed by atoms with Gasteiger partial charge >= 0.3 is 0 Å². The summed E-state index contributed by atoms with van der Waals surface area (Å²) >= 11 is 0. The average Bonchev–Trinajstić information content (AvgIpc) is 3.77. The molecule has 50 heavy (non-hydrogen) atoms. The topological polar surface area (TPSA) is 48.5 Å². The number of hydrogen-bond donors (Lipinski definition) is 0. The molecular formula is C45H27N5. The SMILES string of the molecule is c1ccc(-c2nc(-n3c4ccccc4c4cc5c(cc43)c3ccccc3c3c5ccc4c3ncn4-c3ccccc3)nc3ccccc23)cc1. The van der Waals surface area contributed by atoms with Crippen LogP contribution in [0.2, 0.25) is 0 Å². The molecule has 11 rings (SSSR count). The number of para-hydroxylation sites is 3. The number of aromatic nitrogens is 5. The Morgan fingerprint density at radius 1 is 0.420 bits per heavy atom. The maximum Gasteiger partial charge on any atom is 0.235 e. The molecule has 8 aromatic carbocycles. The van der Waals surface area contributed by atoms with Gasteiger partial charge in [0.1, 0.15) is 6.33 Å². The second kappa shape index (κ2) is 10.3. The Labute approximate surface area is 286 Å². The highest BCUT2D eigenvalue weighted by atomic mass is 15.2. The Morgan fingerprint density at radius 3 is 1.92 bits per heavy atom. The number of nitrogens with zero attached hydrogens (tertiary/aromatic N) is 5. The molecule has 0 spiro atoms. The van der Waals surface area contributed by atoms with Crippen molar-refractivity contribution in [2.45, 2.75) is 0 Å². The van der Waals surface area contributed by atoms with Crippen LogP contribution in [0.4, 0.5) is 0 Å². The summed E-state index contributed by atoms with van der Waals surface area (Å²) in [6.07, 6.45) is 1.95. The van der Waals surface area contributed by atoms with E-state index in [2.05, 4.69) is 149 Å². The van der Waals surface area contributed by atoms with Crippen LogP contribution in [0.3, 0.4) is 0 Å². The van der Waals surface area contributed by atoms with E-state index in [0.29, 0.717) is 5.95 Å². The Bertz CT molecular complexity index is 3140.